The van der Waals surface area contributed by atoms with Crippen molar-refractivity contribution >= 4 is 78.1 Å². The first-order valence-electron chi connectivity index (χ1n) is 20.1. The molecule has 1 fully saturated rings. The maximum Gasteiger partial charge on any atom is 0.343 e. The van der Waals surface area contributed by atoms with Crippen molar-refractivity contribution < 1.29 is 9.53 Å². The summed E-state index contributed by atoms with van der Waals surface area (Å²) in [4.78, 5) is 12.6. The minimum atomic E-state index is -0.437. The van der Waals surface area contributed by atoms with Crippen LogP contribution in [-0.4, -0.2) is 12.5 Å². The van der Waals surface area contributed by atoms with Gasteiger partial charge in [0.05, 0.1) is 39.7 Å². The quantitative estimate of drug-likeness (QED) is 0.0802. The molecule has 1 aliphatic rings. The van der Waals surface area contributed by atoms with Gasteiger partial charge in [0, 0.05) is 44.5 Å². The lowest BCUT2D eigenvalue weighted by atomic mass is 9.89. The largest absolute Gasteiger partial charge is 0.423 e. The molecule has 8 aromatic rings. The van der Waals surface area contributed by atoms with Crippen LogP contribution in [0.2, 0.25) is 0 Å². The van der Waals surface area contributed by atoms with Gasteiger partial charge in [0.15, 0.2) is 0 Å². The van der Waals surface area contributed by atoms with E-state index in [1.54, 1.807) is 36.4 Å². The first-order valence-corrected chi connectivity index (χ1v) is 20.1. The highest BCUT2D eigenvalue weighted by Gasteiger charge is 2.15. The summed E-state index contributed by atoms with van der Waals surface area (Å²) in [7, 11) is 0. The lowest BCUT2D eigenvalue weighted by Crippen LogP contribution is -2.17. The number of hydrogen-bond donors (Lipinski definition) is 1. The SMILES string of the molecule is O=C(Oc1ccccc1)c1ccc(N=Nc2ccc(N=Nc3ccc(N=Nc4ccc(NCC5CCCCC5)c5ccccc45)c4ccccc34)c3ccccc23)cc1. The zero-order chi connectivity index (χ0) is 39.8. The number of azo groups is 3. The second-order valence-corrected chi connectivity index (χ2v) is 14.7. The molecule has 288 valence electrons. The van der Waals surface area contributed by atoms with Gasteiger partial charge >= 0.3 is 5.97 Å². The number of para-hydroxylation sites is 1. The predicted octanol–water partition coefficient (Wildman–Crippen LogP) is 15.6. The third-order valence-corrected chi connectivity index (χ3v) is 10.8. The number of carbonyl (C=O) groups excluding carboxylic acids is 1. The van der Waals surface area contributed by atoms with Crippen LogP contribution >= 0.6 is 0 Å². The fourth-order valence-electron chi connectivity index (χ4n) is 7.70. The molecule has 9 nitrogen and oxygen atoms in total. The Morgan fingerprint density at radius 1 is 0.458 bits per heavy atom. The summed E-state index contributed by atoms with van der Waals surface area (Å²) in [6.45, 7) is 1.00. The van der Waals surface area contributed by atoms with Gasteiger partial charge in [-0.15, -0.1) is 25.6 Å². The molecule has 0 spiro atoms. The van der Waals surface area contributed by atoms with Crippen molar-refractivity contribution in [3.8, 4) is 5.75 Å². The maximum atomic E-state index is 12.6. The molecule has 0 aliphatic heterocycles. The van der Waals surface area contributed by atoms with Crippen molar-refractivity contribution in [3.05, 3.63) is 169 Å². The van der Waals surface area contributed by atoms with E-state index in [1.165, 1.54) is 32.1 Å². The number of esters is 1. The second-order valence-electron chi connectivity index (χ2n) is 14.7. The molecule has 59 heavy (non-hydrogen) atoms. The number of hydrogen-bond acceptors (Lipinski definition) is 9. The molecule has 1 aliphatic carbocycles. The fourth-order valence-corrected chi connectivity index (χ4v) is 7.70. The van der Waals surface area contributed by atoms with Gasteiger partial charge in [0.1, 0.15) is 5.75 Å². The van der Waals surface area contributed by atoms with Crippen molar-refractivity contribution in [1.82, 2.24) is 0 Å². The molecular weight excluding hydrogens is 731 g/mol. The Labute approximate surface area is 342 Å². The van der Waals surface area contributed by atoms with Gasteiger partial charge < -0.3 is 10.1 Å². The Hall–Kier alpha value is -7.39. The maximum absolute atomic E-state index is 12.6. The molecule has 0 amide bonds. The van der Waals surface area contributed by atoms with E-state index < -0.39 is 5.97 Å². The molecule has 9 rings (SSSR count). The molecule has 0 aromatic heterocycles. The first kappa shape index (κ1) is 37.2. The zero-order valence-corrected chi connectivity index (χ0v) is 32.4. The number of benzene rings is 8. The van der Waals surface area contributed by atoms with E-state index in [9.17, 15) is 4.79 Å². The molecule has 0 radical (unpaired) electrons. The predicted molar refractivity (Wildman–Crippen MR) is 237 cm³/mol. The normalized spacial score (nSPS) is 13.6. The molecule has 0 heterocycles. The van der Waals surface area contributed by atoms with E-state index in [1.807, 2.05) is 91.0 Å². The molecule has 0 bridgehead atoms. The summed E-state index contributed by atoms with van der Waals surface area (Å²) < 4.78 is 5.44. The molecule has 0 saturated heterocycles. The van der Waals surface area contributed by atoms with Gasteiger partial charge in [0.2, 0.25) is 0 Å². The molecule has 1 saturated carbocycles. The highest BCUT2D eigenvalue weighted by molar-refractivity contribution is 6.02. The van der Waals surface area contributed by atoms with Crippen LogP contribution < -0.4 is 10.1 Å². The van der Waals surface area contributed by atoms with E-state index in [2.05, 4.69) is 51.9 Å². The van der Waals surface area contributed by atoms with E-state index in [0.29, 0.717) is 28.4 Å². The van der Waals surface area contributed by atoms with E-state index in [4.69, 9.17) is 25.2 Å². The van der Waals surface area contributed by atoms with Crippen LogP contribution in [0, 0.1) is 5.92 Å². The summed E-state index contributed by atoms with van der Waals surface area (Å²) >= 11 is 0. The van der Waals surface area contributed by atoms with Gasteiger partial charge in [-0.05, 0) is 91.6 Å². The Kier molecular flexibility index (Phi) is 11.0. The topological polar surface area (TPSA) is 112 Å². The molecule has 8 aromatic carbocycles. The Bertz CT molecular complexity index is 2870. The molecule has 0 unspecified atom stereocenters. The number of ether oxygens (including phenoxy) is 1. The standard InChI is InChI=1S/C50H41N7O2/c58-50(59-37-15-5-2-6-16-37)35-23-25-36(26-24-35)52-53-45-29-30-47(41-20-10-9-19-40(41)45)56-57-49-32-31-48(42-21-11-12-22-43(42)49)55-54-46-28-27-44(38-17-7-8-18-39(38)46)51-33-34-13-3-1-4-14-34/h2,5-12,15-32,34,51H,1,3-4,13-14,33H2. The van der Waals surface area contributed by atoms with Crippen LogP contribution in [-0.2, 0) is 0 Å². The Balaban J connectivity index is 0.931. The van der Waals surface area contributed by atoms with Crippen molar-refractivity contribution in [2.24, 2.45) is 36.6 Å². The van der Waals surface area contributed by atoms with Crippen LogP contribution in [0.4, 0.5) is 39.8 Å². The van der Waals surface area contributed by atoms with Crippen molar-refractivity contribution in [2.45, 2.75) is 32.1 Å². The number of nitrogens with zero attached hydrogens (tertiary/aromatic N) is 6. The summed E-state index contributed by atoms with van der Waals surface area (Å²) in [5.74, 6) is 0.788. The van der Waals surface area contributed by atoms with Gasteiger partial charge in [-0.3, -0.25) is 0 Å². The van der Waals surface area contributed by atoms with Gasteiger partial charge in [-0.1, -0.05) is 110 Å². The minimum Gasteiger partial charge on any atom is -0.423 e. The number of rotatable bonds is 11. The molecular formula is C50H41N7O2. The Morgan fingerprint density at radius 2 is 0.881 bits per heavy atom. The summed E-state index contributed by atoms with van der Waals surface area (Å²) in [6, 6.07) is 52.1. The highest BCUT2D eigenvalue weighted by atomic mass is 16.5. The number of fused-ring (bicyclic) bond motifs is 3. The van der Waals surface area contributed by atoms with Crippen molar-refractivity contribution in [3.63, 3.8) is 0 Å². The second kappa shape index (κ2) is 17.4. The Morgan fingerprint density at radius 3 is 1.39 bits per heavy atom. The fraction of sp³-hybridized carbons (Fsp3) is 0.140. The first-order chi connectivity index (χ1) is 29.2. The summed E-state index contributed by atoms with van der Waals surface area (Å²) in [5.41, 5.74) is 5.86. The van der Waals surface area contributed by atoms with Crippen LogP contribution in [0.15, 0.2) is 194 Å². The van der Waals surface area contributed by atoms with Crippen LogP contribution in [0.5, 0.6) is 5.75 Å². The monoisotopic (exact) mass is 771 g/mol. The van der Waals surface area contributed by atoms with Crippen LogP contribution in [0.25, 0.3) is 32.3 Å². The lowest BCUT2D eigenvalue weighted by molar-refractivity contribution is 0.0735. The van der Waals surface area contributed by atoms with E-state index >= 15 is 0 Å². The third-order valence-electron chi connectivity index (χ3n) is 10.8. The van der Waals surface area contributed by atoms with Gasteiger partial charge in [-0.2, -0.15) is 5.11 Å². The van der Waals surface area contributed by atoms with Crippen LogP contribution in [0.3, 0.4) is 0 Å². The third kappa shape index (κ3) is 8.50. The molecule has 0 atom stereocenters. The molecule has 9 heteroatoms. The number of anilines is 1. The summed E-state index contributed by atoms with van der Waals surface area (Å²) in [5, 5.41) is 37.6. The minimum absolute atomic E-state index is 0.423. The average molecular weight is 772 g/mol. The highest BCUT2D eigenvalue weighted by Crippen LogP contribution is 2.39. The van der Waals surface area contributed by atoms with Gasteiger partial charge in [-0.25, -0.2) is 4.79 Å². The van der Waals surface area contributed by atoms with Crippen LogP contribution in [0.1, 0.15) is 42.5 Å². The smallest absolute Gasteiger partial charge is 0.343 e. The van der Waals surface area contributed by atoms with Gasteiger partial charge in [0.25, 0.3) is 0 Å². The lowest BCUT2D eigenvalue weighted by Gasteiger charge is -2.22. The van der Waals surface area contributed by atoms with Crippen molar-refractivity contribution in [2.75, 3.05) is 11.9 Å². The summed E-state index contributed by atoms with van der Waals surface area (Å²) in [6.07, 6.45) is 6.65. The van der Waals surface area contributed by atoms with Crippen molar-refractivity contribution in [1.29, 1.82) is 0 Å². The number of nitrogens with one attached hydrogen (secondary N) is 1. The molecule has 1 N–H and O–H groups in total. The van der Waals surface area contributed by atoms with E-state index in [0.717, 1.165) is 67.5 Å². The average Bonchev–Trinajstić information content (AvgIpc) is 3.30. The van der Waals surface area contributed by atoms with E-state index in [-0.39, 0.29) is 0 Å². The number of carbonyl (C=O) groups is 1. The zero-order valence-electron chi connectivity index (χ0n) is 32.4.